The highest BCUT2D eigenvalue weighted by Crippen LogP contribution is 2.36. The molecule has 11 atom stereocenters. The van der Waals surface area contributed by atoms with E-state index in [-0.39, 0.29) is 42.6 Å². The van der Waals surface area contributed by atoms with Crippen molar-refractivity contribution in [1.82, 2.24) is 0 Å². The number of esters is 2. The van der Waals surface area contributed by atoms with E-state index in [0.29, 0.717) is 6.42 Å². The Balaban J connectivity index is 2.12. The van der Waals surface area contributed by atoms with E-state index in [1.807, 2.05) is 6.92 Å². The van der Waals surface area contributed by atoms with Crippen molar-refractivity contribution in [3.05, 3.63) is 11.6 Å². The summed E-state index contributed by atoms with van der Waals surface area (Å²) in [4.78, 5) is 27.4. The van der Waals surface area contributed by atoms with Gasteiger partial charge in [0.2, 0.25) is 6.29 Å². The molecular formula is C52H94O19S2-2. The van der Waals surface area contributed by atoms with Gasteiger partial charge in [-0.05, 0) is 25.7 Å². The molecule has 430 valence electrons. The topological polar surface area (TPSA) is 263 Å². The van der Waals surface area contributed by atoms with Crippen molar-refractivity contribution in [2.45, 2.75) is 288 Å². The standard InChI is InChI=1S/C52H96O19S2/c1-5-7-9-11-13-15-17-19-20-21-23-24-26-28-30-32-34-39(3)36-40(4)50(58)64-46-44(56)41(37-53)61-51(48(46)63-43(55)35-33-31-29-27-25-22-18-16-14-12-10-8-6-2)65-52-49(67-73-71-69-60)47(66-72-70-68-59)45(57)42(38-54)62-52/h36,39,41-42,44-49,51-54,56-57,59-60H,5-35,37-38H2,1-4H3/p-2/b40-36+/t39-,41?,42?,44?,45?,46?,47?,48?,49?,51?,52?/m0/s1. The van der Waals surface area contributed by atoms with Gasteiger partial charge in [0.05, 0.1) is 13.2 Å². The van der Waals surface area contributed by atoms with Crippen molar-refractivity contribution < 1.29 is 91.3 Å². The number of carbonyl (C=O) groups excluding carboxylic acids is 2. The second kappa shape index (κ2) is 44.7. The number of aliphatic hydroxyl groups is 4. The number of hydrogen-bond donors (Lipinski definition) is 4. The van der Waals surface area contributed by atoms with Crippen molar-refractivity contribution >= 4 is 36.6 Å². The second-order valence-electron chi connectivity index (χ2n) is 19.8. The molecule has 2 saturated heterocycles. The number of rotatable bonds is 47. The summed E-state index contributed by atoms with van der Waals surface area (Å²) in [5.41, 5.74) is 0.251. The lowest BCUT2D eigenvalue weighted by molar-refractivity contribution is -0.778. The molecule has 0 bridgehead atoms. The third kappa shape index (κ3) is 29.9. The number of hydrogen-bond acceptors (Lipinski definition) is 21. The van der Waals surface area contributed by atoms with E-state index in [9.17, 15) is 40.5 Å². The number of aliphatic hydroxyl groups excluding tert-OH is 4. The average Bonchev–Trinajstić information content (AvgIpc) is 3.38. The maximum atomic E-state index is 13.8. The molecule has 4 N–H and O–H groups in total. The van der Waals surface area contributed by atoms with Crippen LogP contribution in [0.3, 0.4) is 0 Å². The maximum absolute atomic E-state index is 13.8. The molecule has 2 aliphatic rings. The zero-order chi connectivity index (χ0) is 53.3. The molecule has 0 saturated carbocycles. The van der Waals surface area contributed by atoms with Gasteiger partial charge in [-0.2, -0.15) is 0 Å². The summed E-state index contributed by atoms with van der Waals surface area (Å²) in [6.45, 7) is 6.46. The zero-order valence-electron chi connectivity index (χ0n) is 44.5. The largest absolute Gasteiger partial charge is 0.691 e. The number of carbonyl (C=O) groups is 2. The molecule has 73 heavy (non-hydrogen) atoms. The molecule has 0 amide bonds. The molecule has 2 aliphatic heterocycles. The van der Waals surface area contributed by atoms with Crippen molar-refractivity contribution in [2.24, 2.45) is 5.92 Å². The first-order chi connectivity index (χ1) is 35.6. The van der Waals surface area contributed by atoms with Crippen LogP contribution in [0.25, 0.3) is 0 Å². The minimum absolute atomic E-state index is 0.0135. The quantitative estimate of drug-likeness (QED) is 0.0111. The van der Waals surface area contributed by atoms with Crippen LogP contribution in [0, 0.1) is 5.92 Å². The molecular weight excluding hydrogens is 993 g/mol. The van der Waals surface area contributed by atoms with Crippen molar-refractivity contribution in [3.63, 3.8) is 0 Å². The Morgan fingerprint density at radius 2 is 0.932 bits per heavy atom. The molecule has 2 fully saturated rings. The second-order valence-corrected chi connectivity index (χ2v) is 20.8. The fourth-order valence-corrected chi connectivity index (χ4v) is 10.1. The Hall–Kier alpha value is -1.22. The molecule has 0 aromatic carbocycles. The predicted octanol–water partition coefficient (Wildman–Crippen LogP) is 9.04. The van der Waals surface area contributed by atoms with Crippen molar-refractivity contribution in [3.8, 4) is 0 Å². The van der Waals surface area contributed by atoms with E-state index in [0.717, 1.165) is 51.4 Å². The summed E-state index contributed by atoms with van der Waals surface area (Å²) >= 11 is -0.0368. The summed E-state index contributed by atoms with van der Waals surface area (Å²) in [5, 5.41) is 70.8. The Morgan fingerprint density at radius 1 is 0.548 bits per heavy atom. The first-order valence-electron chi connectivity index (χ1n) is 27.8. The smallest absolute Gasteiger partial charge is 0.333 e. The fourth-order valence-electron chi connectivity index (χ4n) is 9.36. The third-order valence-electron chi connectivity index (χ3n) is 13.6. The molecule has 19 nitrogen and oxygen atoms in total. The van der Waals surface area contributed by atoms with Crippen LogP contribution in [0.15, 0.2) is 11.6 Å². The molecule has 21 heteroatoms. The Morgan fingerprint density at radius 3 is 1.36 bits per heavy atom. The molecule has 0 spiro atoms. The highest BCUT2D eigenvalue weighted by molar-refractivity contribution is 7.90. The Labute approximate surface area is 445 Å². The molecule has 0 aromatic heterocycles. The molecule has 10 unspecified atom stereocenters. The van der Waals surface area contributed by atoms with E-state index >= 15 is 0 Å². The van der Waals surface area contributed by atoms with E-state index in [2.05, 4.69) is 32.6 Å². The van der Waals surface area contributed by atoms with Crippen molar-refractivity contribution in [2.75, 3.05) is 13.2 Å². The fraction of sp³-hybridized carbons (Fsp3) is 0.923. The van der Waals surface area contributed by atoms with Gasteiger partial charge in [-0.25, -0.2) is 4.79 Å². The molecule has 0 aliphatic carbocycles. The molecule has 0 aromatic rings. The van der Waals surface area contributed by atoms with Gasteiger partial charge in [0, 0.05) is 12.0 Å². The summed E-state index contributed by atoms with van der Waals surface area (Å²) < 4.78 is 49.0. The van der Waals surface area contributed by atoms with Crippen LogP contribution in [0.2, 0.25) is 0 Å². The molecule has 0 radical (unpaired) electrons. The van der Waals surface area contributed by atoms with Crippen LogP contribution in [0.5, 0.6) is 0 Å². The SMILES string of the molecule is CCCCCCCCCCCCCCCCCC[C@H](C)/C=C(\C)C(=O)OC1C(O)C(CO)OC(OC2OC(CO)C(O)C(OSOO[O-])C2OSOO[O-])C1OC(=O)CCCCCCCCCCCCCCC. The summed E-state index contributed by atoms with van der Waals surface area (Å²) in [6, 6.07) is 0. The van der Waals surface area contributed by atoms with Gasteiger partial charge in [0.15, 0.2) is 49.2 Å². The Kier molecular flexibility index (Phi) is 41.6. The van der Waals surface area contributed by atoms with Gasteiger partial charge in [0.1, 0.15) is 30.5 Å². The number of ether oxygens (including phenoxy) is 5. The summed E-state index contributed by atoms with van der Waals surface area (Å²) in [6.07, 6.45) is 20.9. The van der Waals surface area contributed by atoms with Crippen LogP contribution < -0.4 is 10.5 Å². The summed E-state index contributed by atoms with van der Waals surface area (Å²) in [5.74, 6) is -1.50. The van der Waals surface area contributed by atoms with E-state index in [4.69, 9.17) is 32.1 Å². The first-order valence-corrected chi connectivity index (χ1v) is 29.1. The first kappa shape index (κ1) is 67.9. The highest BCUT2D eigenvalue weighted by Gasteiger charge is 2.55. The predicted molar refractivity (Wildman–Crippen MR) is 271 cm³/mol. The Bertz CT molecular complexity index is 1370. The van der Waals surface area contributed by atoms with Gasteiger partial charge in [-0.1, -0.05) is 207 Å². The van der Waals surface area contributed by atoms with E-state index < -0.39 is 86.6 Å². The number of allylic oxidation sites excluding steroid dienone is 1. The monoisotopic (exact) mass is 1090 g/mol. The minimum Gasteiger partial charge on any atom is -0.691 e. The van der Waals surface area contributed by atoms with Gasteiger partial charge < -0.3 is 54.6 Å². The maximum Gasteiger partial charge on any atom is 0.333 e. The van der Waals surface area contributed by atoms with Crippen LogP contribution in [-0.2, 0) is 60.4 Å². The number of unbranched alkanes of at least 4 members (excludes halogenated alkanes) is 27. The highest BCUT2D eigenvalue weighted by atomic mass is 32.2. The lowest BCUT2D eigenvalue weighted by atomic mass is 9.97. The van der Waals surface area contributed by atoms with Crippen LogP contribution in [0.4, 0.5) is 0 Å². The summed E-state index contributed by atoms with van der Waals surface area (Å²) in [7, 11) is 0. The lowest BCUT2D eigenvalue weighted by Gasteiger charge is -2.47. The van der Waals surface area contributed by atoms with Gasteiger partial charge in [-0.15, -0.1) is 8.67 Å². The van der Waals surface area contributed by atoms with Gasteiger partial charge >= 0.3 is 11.9 Å². The minimum atomic E-state index is -1.78. The normalized spacial score (nSPS) is 25.0. The third-order valence-corrected chi connectivity index (χ3v) is 14.5. The molecule has 2 heterocycles. The van der Waals surface area contributed by atoms with Crippen LogP contribution in [0.1, 0.15) is 227 Å². The van der Waals surface area contributed by atoms with Gasteiger partial charge in [-0.3, -0.25) is 23.2 Å². The van der Waals surface area contributed by atoms with Gasteiger partial charge in [0.25, 0.3) is 0 Å². The lowest BCUT2D eigenvalue weighted by Crippen LogP contribution is -2.65. The average molecular weight is 1090 g/mol. The zero-order valence-corrected chi connectivity index (χ0v) is 46.1. The molecule has 2 rings (SSSR count). The van der Waals surface area contributed by atoms with E-state index in [1.165, 1.54) is 135 Å². The van der Waals surface area contributed by atoms with Crippen LogP contribution in [-0.4, -0.2) is 107 Å². The van der Waals surface area contributed by atoms with Crippen molar-refractivity contribution in [1.29, 1.82) is 0 Å². The van der Waals surface area contributed by atoms with Crippen LogP contribution >= 0.6 is 24.6 Å². The van der Waals surface area contributed by atoms with E-state index in [1.54, 1.807) is 13.0 Å².